The van der Waals surface area contributed by atoms with Gasteiger partial charge in [0.05, 0.1) is 13.2 Å². The highest BCUT2D eigenvalue weighted by Gasteiger charge is 2.11. The van der Waals surface area contributed by atoms with Gasteiger partial charge in [0.2, 0.25) is 0 Å². The van der Waals surface area contributed by atoms with Crippen molar-refractivity contribution in [2.24, 2.45) is 0 Å². The third-order valence-corrected chi connectivity index (χ3v) is 2.21. The maximum atomic E-state index is 11.6. The molecule has 0 radical (unpaired) electrons. The van der Waals surface area contributed by atoms with Crippen molar-refractivity contribution in [3.05, 3.63) is 40.8 Å². The molecule has 2 rings (SSSR count). The molecule has 84 valence electrons. The molecule has 0 saturated heterocycles. The van der Waals surface area contributed by atoms with Gasteiger partial charge in [0.15, 0.2) is 5.82 Å². The number of nitrogen functional groups attached to an aromatic ring is 1. The molecule has 0 unspecified atom stereocenters. The summed E-state index contributed by atoms with van der Waals surface area (Å²) in [7, 11) is 0. The van der Waals surface area contributed by atoms with E-state index in [1.165, 1.54) is 0 Å². The van der Waals surface area contributed by atoms with Crippen LogP contribution in [0, 0.1) is 0 Å². The molecule has 6 heteroatoms. The summed E-state index contributed by atoms with van der Waals surface area (Å²) < 4.78 is 2.12. The SMILES string of the molecule is Nn1c(-c2ccccc2)nn(CCO)c1=O. The molecule has 0 aliphatic carbocycles. The minimum Gasteiger partial charge on any atom is -0.394 e. The first-order valence-electron chi connectivity index (χ1n) is 4.85. The van der Waals surface area contributed by atoms with E-state index in [4.69, 9.17) is 10.9 Å². The third kappa shape index (κ3) is 1.70. The average Bonchev–Trinajstić information content (AvgIpc) is 2.59. The van der Waals surface area contributed by atoms with Crippen LogP contribution in [-0.2, 0) is 6.54 Å². The van der Waals surface area contributed by atoms with Gasteiger partial charge in [0, 0.05) is 5.56 Å². The minimum atomic E-state index is -0.437. The number of nitrogens with zero attached hydrogens (tertiary/aromatic N) is 3. The number of nitrogens with two attached hydrogens (primary N) is 1. The van der Waals surface area contributed by atoms with Crippen LogP contribution in [0.3, 0.4) is 0 Å². The highest BCUT2D eigenvalue weighted by molar-refractivity contribution is 5.54. The number of aromatic nitrogens is 3. The zero-order valence-electron chi connectivity index (χ0n) is 8.58. The first-order chi connectivity index (χ1) is 7.74. The third-order valence-electron chi connectivity index (χ3n) is 2.21. The summed E-state index contributed by atoms with van der Waals surface area (Å²) in [4.78, 5) is 11.6. The second-order valence-electron chi connectivity index (χ2n) is 3.29. The molecular formula is C10H12N4O2. The van der Waals surface area contributed by atoms with Gasteiger partial charge in [0.25, 0.3) is 0 Å². The van der Waals surface area contributed by atoms with Crippen molar-refractivity contribution < 1.29 is 5.11 Å². The standard InChI is InChI=1S/C10H12N4O2/c11-14-9(8-4-2-1-3-5-8)12-13(6-7-15)10(14)16/h1-5,15H,6-7,11H2. The molecule has 1 aromatic heterocycles. The Kier molecular flexibility index (Phi) is 2.74. The molecule has 1 aromatic carbocycles. The lowest BCUT2D eigenvalue weighted by atomic mass is 10.2. The van der Waals surface area contributed by atoms with E-state index in [2.05, 4.69) is 5.10 Å². The van der Waals surface area contributed by atoms with Crippen LogP contribution in [0.1, 0.15) is 0 Å². The van der Waals surface area contributed by atoms with Crippen LogP contribution >= 0.6 is 0 Å². The molecule has 3 N–H and O–H groups in total. The zero-order valence-corrected chi connectivity index (χ0v) is 8.58. The zero-order chi connectivity index (χ0) is 11.5. The molecule has 0 bridgehead atoms. The van der Waals surface area contributed by atoms with Crippen LogP contribution in [0.5, 0.6) is 0 Å². The van der Waals surface area contributed by atoms with Gasteiger partial charge >= 0.3 is 5.69 Å². The van der Waals surface area contributed by atoms with Crippen LogP contribution in [0.4, 0.5) is 0 Å². The lowest BCUT2D eigenvalue weighted by Gasteiger charge is -1.97. The van der Waals surface area contributed by atoms with Crippen molar-refractivity contribution in [2.45, 2.75) is 6.54 Å². The van der Waals surface area contributed by atoms with E-state index in [0.29, 0.717) is 5.82 Å². The quantitative estimate of drug-likeness (QED) is 0.677. The normalized spacial score (nSPS) is 10.6. The van der Waals surface area contributed by atoms with Crippen LogP contribution in [0.2, 0.25) is 0 Å². The highest BCUT2D eigenvalue weighted by atomic mass is 16.3. The average molecular weight is 220 g/mol. The van der Waals surface area contributed by atoms with Crippen molar-refractivity contribution in [3.63, 3.8) is 0 Å². The Labute approximate surface area is 91.5 Å². The first kappa shape index (κ1) is 10.4. The first-order valence-corrected chi connectivity index (χ1v) is 4.85. The lowest BCUT2D eigenvalue weighted by Crippen LogP contribution is -2.30. The molecule has 0 spiro atoms. The van der Waals surface area contributed by atoms with Gasteiger partial charge in [-0.25, -0.2) is 9.48 Å². The fraction of sp³-hybridized carbons (Fsp3) is 0.200. The number of aliphatic hydroxyl groups is 1. The fourth-order valence-electron chi connectivity index (χ4n) is 1.44. The van der Waals surface area contributed by atoms with Gasteiger partial charge < -0.3 is 10.9 Å². The number of hydrogen-bond donors (Lipinski definition) is 2. The summed E-state index contributed by atoms with van der Waals surface area (Å²) in [5.74, 6) is 5.99. The number of rotatable bonds is 3. The van der Waals surface area contributed by atoms with Gasteiger partial charge in [-0.15, -0.1) is 5.10 Å². The van der Waals surface area contributed by atoms with Gasteiger partial charge in [-0.2, -0.15) is 4.68 Å². The maximum absolute atomic E-state index is 11.6. The Bertz CT molecular complexity index is 529. The Morgan fingerprint density at radius 1 is 1.31 bits per heavy atom. The van der Waals surface area contributed by atoms with E-state index in [0.717, 1.165) is 14.9 Å². The van der Waals surface area contributed by atoms with E-state index >= 15 is 0 Å². The molecule has 1 heterocycles. The number of benzene rings is 1. The predicted octanol–water partition coefficient (Wildman–Crippen LogP) is -0.582. The molecule has 2 aromatic rings. The number of hydrogen-bond acceptors (Lipinski definition) is 4. The topological polar surface area (TPSA) is 86.1 Å². The smallest absolute Gasteiger partial charge is 0.364 e. The van der Waals surface area contributed by atoms with E-state index in [9.17, 15) is 4.79 Å². The molecule has 0 atom stereocenters. The van der Waals surface area contributed by atoms with Crippen LogP contribution in [-0.4, -0.2) is 26.2 Å². The molecule has 0 aliphatic heterocycles. The molecule has 0 fully saturated rings. The number of aliphatic hydroxyl groups excluding tert-OH is 1. The molecule has 0 aliphatic rings. The lowest BCUT2D eigenvalue weighted by molar-refractivity contribution is 0.267. The van der Waals surface area contributed by atoms with Crippen molar-refractivity contribution in [2.75, 3.05) is 12.4 Å². The maximum Gasteiger partial charge on any atom is 0.364 e. The highest BCUT2D eigenvalue weighted by Crippen LogP contribution is 2.12. The van der Waals surface area contributed by atoms with Crippen molar-refractivity contribution in [1.82, 2.24) is 14.5 Å². The molecule has 16 heavy (non-hydrogen) atoms. The molecule has 0 saturated carbocycles. The van der Waals surface area contributed by atoms with Crippen LogP contribution < -0.4 is 11.5 Å². The Balaban J connectivity index is 2.51. The summed E-state index contributed by atoms with van der Waals surface area (Å²) in [6, 6.07) is 9.17. The molecule has 0 amide bonds. The second kappa shape index (κ2) is 4.19. The summed E-state index contributed by atoms with van der Waals surface area (Å²) >= 11 is 0. The Hall–Kier alpha value is -2.08. The van der Waals surface area contributed by atoms with Gasteiger partial charge in [-0.3, -0.25) is 0 Å². The van der Waals surface area contributed by atoms with Gasteiger partial charge in [-0.1, -0.05) is 30.3 Å². The largest absolute Gasteiger partial charge is 0.394 e. The monoisotopic (exact) mass is 220 g/mol. The summed E-state index contributed by atoms with van der Waals surface area (Å²) in [6.07, 6.45) is 0. The summed E-state index contributed by atoms with van der Waals surface area (Å²) in [5.41, 5.74) is 0.326. The van der Waals surface area contributed by atoms with Crippen molar-refractivity contribution >= 4 is 0 Å². The van der Waals surface area contributed by atoms with E-state index in [1.54, 1.807) is 0 Å². The van der Waals surface area contributed by atoms with Crippen molar-refractivity contribution in [3.8, 4) is 11.4 Å². The van der Waals surface area contributed by atoms with Gasteiger partial charge in [0.1, 0.15) is 0 Å². The minimum absolute atomic E-state index is 0.142. The van der Waals surface area contributed by atoms with E-state index < -0.39 is 5.69 Å². The van der Waals surface area contributed by atoms with E-state index in [1.807, 2.05) is 30.3 Å². The molecular weight excluding hydrogens is 208 g/mol. The summed E-state index contributed by atoms with van der Waals surface area (Å²) in [5, 5.41) is 12.8. The van der Waals surface area contributed by atoms with Crippen LogP contribution in [0.25, 0.3) is 11.4 Å². The summed E-state index contributed by atoms with van der Waals surface area (Å²) in [6.45, 7) is -0.00594. The Morgan fingerprint density at radius 3 is 2.62 bits per heavy atom. The molecule has 6 nitrogen and oxygen atoms in total. The second-order valence-corrected chi connectivity index (χ2v) is 3.29. The van der Waals surface area contributed by atoms with Crippen molar-refractivity contribution in [1.29, 1.82) is 0 Å². The van der Waals surface area contributed by atoms with E-state index in [-0.39, 0.29) is 13.2 Å². The Morgan fingerprint density at radius 2 is 2.00 bits per heavy atom. The fourth-order valence-corrected chi connectivity index (χ4v) is 1.44. The van der Waals surface area contributed by atoms with Crippen LogP contribution in [0.15, 0.2) is 35.1 Å². The predicted molar refractivity (Wildman–Crippen MR) is 59.2 cm³/mol. The van der Waals surface area contributed by atoms with Gasteiger partial charge in [-0.05, 0) is 0 Å².